The lowest BCUT2D eigenvalue weighted by molar-refractivity contribution is 0.0963. The zero-order valence-corrected chi connectivity index (χ0v) is 14.4. The number of piperidine rings is 1. The number of likely N-dealkylation sites (tertiary alicyclic amines) is 2. The van der Waals surface area contributed by atoms with Crippen molar-refractivity contribution < 1.29 is 9.59 Å². The van der Waals surface area contributed by atoms with E-state index in [1.54, 1.807) is 13.1 Å². The van der Waals surface area contributed by atoms with Gasteiger partial charge in [0.05, 0.1) is 0 Å². The van der Waals surface area contributed by atoms with Crippen LogP contribution in [0, 0.1) is 5.92 Å². The van der Waals surface area contributed by atoms with Crippen molar-refractivity contribution in [3.8, 4) is 0 Å². The number of fused-ring (bicyclic) bond motifs is 1. The summed E-state index contributed by atoms with van der Waals surface area (Å²) in [4.78, 5) is 28.6. The van der Waals surface area contributed by atoms with Crippen molar-refractivity contribution in [1.29, 1.82) is 0 Å². The zero-order chi connectivity index (χ0) is 17.1. The highest BCUT2D eigenvalue weighted by Crippen LogP contribution is 2.31. The number of benzene rings is 1. The molecule has 2 aliphatic heterocycles. The Labute approximate surface area is 143 Å². The molecule has 1 aromatic carbocycles. The number of urea groups is 1. The fourth-order valence-electron chi connectivity index (χ4n) is 3.80. The average molecular weight is 330 g/mol. The Hall–Kier alpha value is -2.08. The molecular weight excluding hydrogens is 304 g/mol. The molecule has 2 N–H and O–H groups in total. The van der Waals surface area contributed by atoms with Crippen LogP contribution in [0.25, 0.3) is 0 Å². The second kappa shape index (κ2) is 7.21. The largest absolute Gasteiger partial charge is 0.355 e. The van der Waals surface area contributed by atoms with Gasteiger partial charge in [-0.3, -0.25) is 4.79 Å². The average Bonchev–Trinajstić information content (AvgIpc) is 3.02. The summed E-state index contributed by atoms with van der Waals surface area (Å²) in [6.07, 6.45) is 2.29. The number of likely N-dealkylation sites (N-methyl/N-ethyl adjacent to an activating group) is 1. The van der Waals surface area contributed by atoms with Crippen molar-refractivity contribution in [3.05, 3.63) is 35.4 Å². The second-order valence-electron chi connectivity index (χ2n) is 6.80. The molecule has 130 valence electrons. The highest BCUT2D eigenvalue weighted by molar-refractivity contribution is 5.94. The van der Waals surface area contributed by atoms with Gasteiger partial charge in [-0.1, -0.05) is 12.1 Å². The number of rotatable bonds is 3. The first-order valence-corrected chi connectivity index (χ1v) is 8.62. The van der Waals surface area contributed by atoms with E-state index >= 15 is 0 Å². The maximum atomic E-state index is 12.6. The van der Waals surface area contributed by atoms with Crippen molar-refractivity contribution in [1.82, 2.24) is 20.4 Å². The number of nitrogens with one attached hydrogen (secondary N) is 2. The minimum atomic E-state index is -0.115. The van der Waals surface area contributed by atoms with Gasteiger partial charge in [0.25, 0.3) is 5.91 Å². The predicted octanol–water partition coefficient (Wildman–Crippen LogP) is 1.28. The molecule has 3 rings (SSSR count). The Morgan fingerprint density at radius 1 is 1.25 bits per heavy atom. The first-order valence-electron chi connectivity index (χ1n) is 8.62. The van der Waals surface area contributed by atoms with E-state index in [1.807, 2.05) is 23.1 Å². The Kier molecular flexibility index (Phi) is 5.04. The Morgan fingerprint density at radius 3 is 2.83 bits per heavy atom. The quantitative estimate of drug-likeness (QED) is 0.877. The molecule has 2 heterocycles. The van der Waals surface area contributed by atoms with Crippen LogP contribution < -0.4 is 10.6 Å². The van der Waals surface area contributed by atoms with Crippen LogP contribution in [0.5, 0.6) is 0 Å². The van der Waals surface area contributed by atoms with E-state index < -0.39 is 0 Å². The molecule has 0 radical (unpaired) electrons. The van der Waals surface area contributed by atoms with Crippen molar-refractivity contribution in [2.75, 3.05) is 33.7 Å². The molecule has 2 saturated heterocycles. The van der Waals surface area contributed by atoms with Crippen molar-refractivity contribution in [2.45, 2.75) is 25.4 Å². The Balaban J connectivity index is 1.59. The number of nitrogens with zero attached hydrogens (tertiary/aromatic N) is 2. The third-order valence-corrected chi connectivity index (χ3v) is 5.19. The number of hydrogen-bond donors (Lipinski definition) is 2. The Bertz CT molecular complexity index is 619. The standard InChI is InChI=1S/C18H26N4O2/c1-19-17(23)15-5-3-4-13(10-15)11-20-18(24)22-9-7-14-6-8-21(2)12-16(14)22/h3-5,10,14,16H,6-9,11-12H2,1-2H3,(H,19,23)(H,20,24)/t14-,16-/m0/s1. The van der Waals surface area contributed by atoms with E-state index in [2.05, 4.69) is 22.6 Å². The lowest BCUT2D eigenvalue weighted by Crippen LogP contribution is -2.51. The van der Waals surface area contributed by atoms with Gasteiger partial charge in [0.1, 0.15) is 0 Å². The lowest BCUT2D eigenvalue weighted by atomic mass is 9.92. The van der Waals surface area contributed by atoms with Gasteiger partial charge in [0.2, 0.25) is 0 Å². The van der Waals surface area contributed by atoms with Gasteiger partial charge in [-0.05, 0) is 50.0 Å². The monoisotopic (exact) mass is 330 g/mol. The van der Waals surface area contributed by atoms with Crippen molar-refractivity contribution in [2.24, 2.45) is 5.92 Å². The van der Waals surface area contributed by atoms with Crippen LogP contribution >= 0.6 is 0 Å². The van der Waals surface area contributed by atoms with Gasteiger partial charge in [0.15, 0.2) is 0 Å². The highest BCUT2D eigenvalue weighted by Gasteiger charge is 2.39. The lowest BCUT2D eigenvalue weighted by Gasteiger charge is -2.36. The summed E-state index contributed by atoms with van der Waals surface area (Å²) in [5.74, 6) is 0.527. The number of amides is 3. The van der Waals surface area contributed by atoms with E-state index in [4.69, 9.17) is 0 Å². The molecule has 3 amide bonds. The summed E-state index contributed by atoms with van der Waals surface area (Å²) in [6, 6.07) is 7.69. The molecule has 6 heteroatoms. The smallest absolute Gasteiger partial charge is 0.317 e. The van der Waals surface area contributed by atoms with Crippen molar-refractivity contribution >= 4 is 11.9 Å². The summed E-state index contributed by atoms with van der Waals surface area (Å²) >= 11 is 0. The van der Waals surface area contributed by atoms with Crippen LogP contribution in [0.3, 0.4) is 0 Å². The fraction of sp³-hybridized carbons (Fsp3) is 0.556. The van der Waals surface area contributed by atoms with E-state index in [0.717, 1.165) is 31.6 Å². The van der Waals surface area contributed by atoms with Crippen LogP contribution in [0.15, 0.2) is 24.3 Å². The molecule has 0 spiro atoms. The van der Waals surface area contributed by atoms with Crippen LogP contribution in [-0.4, -0.2) is 61.5 Å². The van der Waals surface area contributed by atoms with E-state index in [9.17, 15) is 9.59 Å². The van der Waals surface area contributed by atoms with Gasteiger partial charge in [-0.2, -0.15) is 0 Å². The molecule has 0 bridgehead atoms. The van der Waals surface area contributed by atoms with Crippen LogP contribution in [0.1, 0.15) is 28.8 Å². The normalized spacial score (nSPS) is 23.7. The molecular formula is C18H26N4O2. The molecule has 2 fully saturated rings. The highest BCUT2D eigenvalue weighted by atomic mass is 16.2. The summed E-state index contributed by atoms with van der Waals surface area (Å²) in [5, 5.41) is 5.62. The molecule has 0 aliphatic carbocycles. The second-order valence-corrected chi connectivity index (χ2v) is 6.80. The topological polar surface area (TPSA) is 64.7 Å². The number of hydrogen-bond acceptors (Lipinski definition) is 3. The number of carbonyl (C=O) groups is 2. The van der Waals surface area contributed by atoms with Gasteiger partial charge in [-0.25, -0.2) is 4.79 Å². The minimum Gasteiger partial charge on any atom is -0.355 e. The van der Waals surface area contributed by atoms with E-state index in [-0.39, 0.29) is 11.9 Å². The zero-order valence-electron chi connectivity index (χ0n) is 14.4. The molecule has 2 atom stereocenters. The van der Waals surface area contributed by atoms with Gasteiger partial charge in [0, 0.05) is 38.3 Å². The summed E-state index contributed by atoms with van der Waals surface area (Å²) < 4.78 is 0. The molecule has 0 aromatic heterocycles. The third kappa shape index (κ3) is 3.53. The SMILES string of the molecule is CNC(=O)c1cccc(CNC(=O)N2CC[C@@H]3CCN(C)C[C@@H]32)c1. The first kappa shape index (κ1) is 16.8. The molecule has 24 heavy (non-hydrogen) atoms. The Morgan fingerprint density at radius 2 is 2.04 bits per heavy atom. The third-order valence-electron chi connectivity index (χ3n) is 5.19. The number of carbonyl (C=O) groups excluding carboxylic acids is 2. The first-order chi connectivity index (χ1) is 11.6. The summed E-state index contributed by atoms with van der Waals surface area (Å²) in [6.45, 7) is 3.37. The molecule has 1 aromatic rings. The summed E-state index contributed by atoms with van der Waals surface area (Å²) in [7, 11) is 3.73. The van der Waals surface area contributed by atoms with Crippen molar-refractivity contribution in [3.63, 3.8) is 0 Å². The maximum absolute atomic E-state index is 12.6. The van der Waals surface area contributed by atoms with Crippen LogP contribution in [-0.2, 0) is 6.54 Å². The van der Waals surface area contributed by atoms with Gasteiger partial charge in [-0.15, -0.1) is 0 Å². The maximum Gasteiger partial charge on any atom is 0.317 e. The molecule has 0 unspecified atom stereocenters. The summed E-state index contributed by atoms with van der Waals surface area (Å²) in [5.41, 5.74) is 1.54. The molecule has 2 aliphatic rings. The fourth-order valence-corrected chi connectivity index (χ4v) is 3.80. The molecule has 0 saturated carbocycles. The van der Waals surface area contributed by atoms with E-state index in [1.165, 1.54) is 6.42 Å². The van der Waals surface area contributed by atoms with Crippen LogP contribution in [0.2, 0.25) is 0 Å². The minimum absolute atomic E-state index is 0.00291. The molecule has 6 nitrogen and oxygen atoms in total. The van der Waals surface area contributed by atoms with Gasteiger partial charge >= 0.3 is 6.03 Å². The van der Waals surface area contributed by atoms with Crippen LogP contribution in [0.4, 0.5) is 4.79 Å². The predicted molar refractivity (Wildman–Crippen MR) is 92.8 cm³/mol. The van der Waals surface area contributed by atoms with E-state index in [0.29, 0.717) is 24.1 Å². The van der Waals surface area contributed by atoms with Gasteiger partial charge < -0.3 is 20.4 Å².